The van der Waals surface area contributed by atoms with Crippen molar-refractivity contribution in [1.82, 2.24) is 39.8 Å². The summed E-state index contributed by atoms with van der Waals surface area (Å²) in [4.78, 5) is 13.9. The Bertz CT molecular complexity index is 1480. The highest BCUT2D eigenvalue weighted by Gasteiger charge is 2.26. The number of nitriles is 1. The summed E-state index contributed by atoms with van der Waals surface area (Å²) in [6, 6.07) is 7.59. The van der Waals surface area contributed by atoms with Crippen molar-refractivity contribution in [2.24, 2.45) is 7.05 Å². The lowest BCUT2D eigenvalue weighted by Gasteiger charge is -2.21. The van der Waals surface area contributed by atoms with Crippen LogP contribution in [0.2, 0.25) is 0 Å². The summed E-state index contributed by atoms with van der Waals surface area (Å²) in [5.41, 5.74) is 7.32. The fourth-order valence-corrected chi connectivity index (χ4v) is 3.72. The normalized spacial score (nSPS) is 14.8. The van der Waals surface area contributed by atoms with Crippen molar-refractivity contribution in [3.8, 4) is 28.8 Å². The van der Waals surface area contributed by atoms with Gasteiger partial charge in [0.1, 0.15) is 35.9 Å². The zero-order valence-corrected chi connectivity index (χ0v) is 16.9. The summed E-state index contributed by atoms with van der Waals surface area (Å²) in [6.45, 7) is 1.66. The predicted molar refractivity (Wildman–Crippen MR) is 107 cm³/mol. The van der Waals surface area contributed by atoms with Gasteiger partial charge in [0, 0.05) is 18.7 Å². The van der Waals surface area contributed by atoms with Gasteiger partial charge in [-0.05, 0) is 30.3 Å². The monoisotopic (exact) mass is 434 g/mol. The smallest absolute Gasteiger partial charge is 0.388 e. The minimum absolute atomic E-state index is 0.0171. The first-order valence-electron chi connectivity index (χ1n) is 9.46. The molecule has 0 spiro atoms. The van der Waals surface area contributed by atoms with Crippen molar-refractivity contribution in [1.29, 1.82) is 5.26 Å². The van der Waals surface area contributed by atoms with Crippen LogP contribution >= 0.6 is 0 Å². The van der Waals surface area contributed by atoms with Gasteiger partial charge in [-0.2, -0.15) is 19.8 Å². The number of fused-ring (bicyclic) bond motifs is 7. The highest BCUT2D eigenvalue weighted by atomic mass is 19.1. The van der Waals surface area contributed by atoms with Crippen LogP contribution in [-0.2, 0) is 13.6 Å². The van der Waals surface area contributed by atoms with E-state index >= 15 is 0 Å². The molecule has 160 valence electrons. The molecule has 4 heterocycles. The molecule has 1 atom stereocenters. The predicted octanol–water partition coefficient (Wildman–Crippen LogP) is 0.714. The summed E-state index contributed by atoms with van der Waals surface area (Å²) >= 11 is 0. The van der Waals surface area contributed by atoms with E-state index in [2.05, 4.69) is 31.7 Å². The maximum Gasteiger partial charge on any atom is 0.388 e. The Morgan fingerprint density at radius 3 is 2.88 bits per heavy atom. The van der Waals surface area contributed by atoms with E-state index in [0.717, 1.165) is 0 Å². The summed E-state index contributed by atoms with van der Waals surface area (Å²) in [6.07, 6.45) is -0.737. The Kier molecular flexibility index (Phi) is 4.22. The second-order valence-electron chi connectivity index (χ2n) is 7.16. The van der Waals surface area contributed by atoms with Crippen LogP contribution in [0.15, 0.2) is 29.1 Å². The molecule has 0 aliphatic carbocycles. The number of nitrogens with two attached hydrogens (primary N) is 1. The van der Waals surface area contributed by atoms with Crippen LogP contribution in [0.4, 0.5) is 10.2 Å². The Balaban J connectivity index is 1.86. The van der Waals surface area contributed by atoms with Gasteiger partial charge in [0.25, 0.3) is 0 Å². The SMILES string of the molecule is CC1Oc2cc(nnc2N)-c2c(nn(C)c2C#N)Cn2nnc(=O)n2-c2ccc(F)cc21. The van der Waals surface area contributed by atoms with Crippen LogP contribution in [0.25, 0.3) is 16.9 Å². The van der Waals surface area contributed by atoms with E-state index in [4.69, 9.17) is 10.5 Å². The van der Waals surface area contributed by atoms with Gasteiger partial charge in [0.05, 0.1) is 16.9 Å². The van der Waals surface area contributed by atoms with Gasteiger partial charge in [-0.25, -0.2) is 9.18 Å². The number of nitrogens with zero attached hydrogens (tertiary/aromatic N) is 9. The quantitative estimate of drug-likeness (QED) is 0.421. The van der Waals surface area contributed by atoms with Crippen LogP contribution in [0.5, 0.6) is 5.75 Å². The van der Waals surface area contributed by atoms with Crippen LogP contribution < -0.4 is 16.2 Å². The van der Waals surface area contributed by atoms with Crippen molar-refractivity contribution in [2.75, 3.05) is 5.73 Å². The molecule has 0 saturated carbocycles. The molecule has 1 aliphatic heterocycles. The Morgan fingerprint density at radius 2 is 2.09 bits per heavy atom. The highest BCUT2D eigenvalue weighted by molar-refractivity contribution is 5.70. The van der Waals surface area contributed by atoms with Crippen LogP contribution in [-0.4, -0.2) is 39.8 Å². The third kappa shape index (κ3) is 2.88. The van der Waals surface area contributed by atoms with Gasteiger partial charge >= 0.3 is 5.69 Å². The van der Waals surface area contributed by atoms with Crippen LogP contribution in [0, 0.1) is 17.1 Å². The molecule has 0 fully saturated rings. The topological polar surface area (TPSA) is 155 Å². The molecule has 13 heteroatoms. The highest BCUT2D eigenvalue weighted by Crippen LogP contribution is 2.34. The zero-order valence-electron chi connectivity index (χ0n) is 16.9. The molecule has 1 unspecified atom stereocenters. The molecular formula is C19H15FN10O2. The van der Waals surface area contributed by atoms with Gasteiger partial charge in [-0.3, -0.25) is 4.68 Å². The first-order chi connectivity index (χ1) is 15.4. The van der Waals surface area contributed by atoms with Crippen molar-refractivity contribution in [3.05, 3.63) is 57.5 Å². The summed E-state index contributed by atoms with van der Waals surface area (Å²) < 4.78 is 22.7. The molecule has 0 amide bonds. The number of halogens is 1. The van der Waals surface area contributed by atoms with E-state index in [1.165, 1.54) is 32.4 Å². The van der Waals surface area contributed by atoms with Gasteiger partial charge in [-0.1, -0.05) is 5.10 Å². The Hall–Kier alpha value is -4.60. The molecule has 5 rings (SSSR count). The molecule has 2 bridgehead atoms. The molecule has 1 aliphatic rings. The second-order valence-corrected chi connectivity index (χ2v) is 7.16. The molecule has 0 radical (unpaired) electrons. The number of anilines is 1. The number of tetrazole rings is 1. The minimum atomic E-state index is -0.737. The number of benzene rings is 1. The van der Waals surface area contributed by atoms with E-state index < -0.39 is 17.6 Å². The van der Waals surface area contributed by atoms with Gasteiger partial charge in [0.2, 0.25) is 0 Å². The average molecular weight is 434 g/mol. The van der Waals surface area contributed by atoms with Crippen LogP contribution in [0.3, 0.4) is 0 Å². The Morgan fingerprint density at radius 1 is 1.28 bits per heavy atom. The average Bonchev–Trinajstić information content (AvgIpc) is 3.27. The lowest BCUT2D eigenvalue weighted by atomic mass is 10.1. The molecule has 3 aromatic heterocycles. The Labute approximate surface area is 179 Å². The number of ether oxygens (including phenoxy) is 1. The van der Waals surface area contributed by atoms with Crippen molar-refractivity contribution in [3.63, 3.8) is 0 Å². The third-order valence-electron chi connectivity index (χ3n) is 5.16. The molecule has 4 aromatic rings. The van der Waals surface area contributed by atoms with E-state index in [1.54, 1.807) is 20.0 Å². The van der Waals surface area contributed by atoms with Gasteiger partial charge in [-0.15, -0.1) is 10.2 Å². The van der Waals surface area contributed by atoms with E-state index in [0.29, 0.717) is 28.2 Å². The summed E-state index contributed by atoms with van der Waals surface area (Å²) in [7, 11) is 1.61. The molecule has 1 aromatic carbocycles. The first-order valence-corrected chi connectivity index (χ1v) is 9.46. The molecule has 2 N–H and O–H groups in total. The van der Waals surface area contributed by atoms with E-state index in [-0.39, 0.29) is 23.8 Å². The minimum Gasteiger partial charge on any atom is -0.482 e. The molecule has 0 saturated heterocycles. The van der Waals surface area contributed by atoms with Gasteiger partial charge < -0.3 is 10.5 Å². The summed E-state index contributed by atoms with van der Waals surface area (Å²) in [5.74, 6) is -0.301. The number of nitrogen functional groups attached to an aromatic ring is 1. The lowest BCUT2D eigenvalue weighted by Crippen LogP contribution is -2.25. The molecule has 32 heavy (non-hydrogen) atoms. The van der Waals surface area contributed by atoms with E-state index in [9.17, 15) is 14.4 Å². The van der Waals surface area contributed by atoms with Crippen molar-refractivity contribution < 1.29 is 9.13 Å². The third-order valence-corrected chi connectivity index (χ3v) is 5.16. The van der Waals surface area contributed by atoms with Crippen molar-refractivity contribution >= 4 is 5.82 Å². The van der Waals surface area contributed by atoms with Crippen LogP contribution in [0.1, 0.15) is 30.0 Å². The largest absolute Gasteiger partial charge is 0.482 e. The first kappa shape index (κ1) is 19.4. The number of hydrogen-bond acceptors (Lipinski definition) is 9. The van der Waals surface area contributed by atoms with Crippen molar-refractivity contribution in [2.45, 2.75) is 19.6 Å². The number of hydrogen-bond donors (Lipinski definition) is 1. The van der Waals surface area contributed by atoms with E-state index in [1.807, 2.05) is 0 Å². The zero-order chi connectivity index (χ0) is 22.6. The summed E-state index contributed by atoms with van der Waals surface area (Å²) in [5, 5.41) is 29.7. The molecule has 12 nitrogen and oxygen atoms in total. The number of aryl methyl sites for hydroxylation is 1. The number of rotatable bonds is 0. The maximum atomic E-state index is 14.1. The second kappa shape index (κ2) is 6.98. The standard InChI is InChI=1S/C19H15FN10O2/c1-9-11-5-10(20)3-4-14(11)30-19(31)25-27-29(30)8-13-17(15(7-21)28(2)26-13)12-6-16(32-9)18(22)24-23-12/h3-6,9H,8H2,1-2H3,(H2,22,24). The number of aromatic nitrogens is 8. The maximum absolute atomic E-state index is 14.1. The fraction of sp³-hybridized carbons (Fsp3) is 0.211. The van der Waals surface area contributed by atoms with Gasteiger partial charge in [0.15, 0.2) is 11.6 Å². The molecular weight excluding hydrogens is 419 g/mol. The lowest BCUT2D eigenvalue weighted by molar-refractivity contribution is 0.226. The fourth-order valence-electron chi connectivity index (χ4n) is 3.72.